The molecule has 0 bridgehead atoms. The van der Waals surface area contributed by atoms with Crippen LogP contribution >= 0.6 is 0 Å². The highest BCUT2D eigenvalue weighted by Crippen LogP contribution is 2.20. The first-order valence-corrected chi connectivity index (χ1v) is 7.02. The molecule has 21 heavy (non-hydrogen) atoms. The Labute approximate surface area is 122 Å². The first-order chi connectivity index (χ1) is 10.1. The van der Waals surface area contributed by atoms with Crippen molar-refractivity contribution in [1.82, 2.24) is 25.5 Å². The van der Waals surface area contributed by atoms with E-state index in [4.69, 9.17) is 0 Å². The molecule has 1 aromatic carbocycles. The number of nitrogens with one attached hydrogen (secondary N) is 2. The van der Waals surface area contributed by atoms with Gasteiger partial charge in [0.15, 0.2) is 5.82 Å². The molecule has 1 atom stereocenters. The van der Waals surface area contributed by atoms with Crippen molar-refractivity contribution in [2.75, 3.05) is 18.4 Å². The van der Waals surface area contributed by atoms with Gasteiger partial charge in [-0.2, -0.15) is 4.68 Å². The monoisotopic (exact) mass is 286 g/mol. The van der Waals surface area contributed by atoms with E-state index in [-0.39, 0.29) is 11.8 Å². The molecule has 3 rings (SSSR count). The molecule has 2 heterocycles. The van der Waals surface area contributed by atoms with Gasteiger partial charge in [-0.25, -0.2) is 0 Å². The molecule has 1 aliphatic heterocycles. The lowest BCUT2D eigenvalue weighted by Gasteiger charge is -2.31. The number of nitrogens with zero attached hydrogens (tertiary/aromatic N) is 4. The summed E-state index contributed by atoms with van der Waals surface area (Å²) in [6, 6.07) is 7.51. The molecule has 1 aromatic heterocycles. The van der Waals surface area contributed by atoms with Gasteiger partial charge in [0.05, 0.1) is 5.69 Å². The number of amides is 1. The Hall–Kier alpha value is -2.28. The fourth-order valence-electron chi connectivity index (χ4n) is 2.32. The van der Waals surface area contributed by atoms with E-state index >= 15 is 0 Å². The van der Waals surface area contributed by atoms with E-state index in [9.17, 15) is 4.79 Å². The van der Waals surface area contributed by atoms with Crippen LogP contribution in [0.3, 0.4) is 0 Å². The van der Waals surface area contributed by atoms with E-state index in [1.807, 2.05) is 38.1 Å². The fraction of sp³-hybridized carbons (Fsp3) is 0.429. The van der Waals surface area contributed by atoms with Crippen molar-refractivity contribution < 1.29 is 4.79 Å². The quantitative estimate of drug-likeness (QED) is 0.867. The fourth-order valence-corrected chi connectivity index (χ4v) is 2.32. The van der Waals surface area contributed by atoms with Crippen molar-refractivity contribution in [3.63, 3.8) is 0 Å². The molecule has 2 aromatic rings. The molecular formula is C14H18N6O. The minimum Gasteiger partial charge on any atom is -0.326 e. The number of tetrazole rings is 1. The van der Waals surface area contributed by atoms with E-state index in [0.717, 1.165) is 24.5 Å². The van der Waals surface area contributed by atoms with Crippen LogP contribution in [-0.2, 0) is 4.79 Å². The van der Waals surface area contributed by atoms with Crippen LogP contribution in [0, 0.1) is 18.8 Å². The third-order valence-electron chi connectivity index (χ3n) is 3.92. The summed E-state index contributed by atoms with van der Waals surface area (Å²) < 4.78 is 1.63. The van der Waals surface area contributed by atoms with Crippen LogP contribution in [-0.4, -0.2) is 39.2 Å². The number of aromatic nitrogens is 4. The molecule has 1 saturated heterocycles. The molecule has 0 spiro atoms. The van der Waals surface area contributed by atoms with Gasteiger partial charge in [0, 0.05) is 11.6 Å². The van der Waals surface area contributed by atoms with Crippen molar-refractivity contribution in [2.24, 2.45) is 11.8 Å². The maximum atomic E-state index is 12.2. The second kappa shape index (κ2) is 5.61. The number of rotatable bonds is 4. The minimum atomic E-state index is 0.00433. The Morgan fingerprint density at radius 2 is 2.29 bits per heavy atom. The molecular weight excluding hydrogens is 268 g/mol. The average molecular weight is 286 g/mol. The summed E-state index contributed by atoms with van der Waals surface area (Å²) in [6.07, 6.45) is 0. The van der Waals surface area contributed by atoms with Gasteiger partial charge in [-0.1, -0.05) is 13.0 Å². The van der Waals surface area contributed by atoms with Gasteiger partial charge in [0.25, 0.3) is 0 Å². The summed E-state index contributed by atoms with van der Waals surface area (Å²) in [7, 11) is 0. The van der Waals surface area contributed by atoms with Crippen LogP contribution in [0.2, 0.25) is 0 Å². The van der Waals surface area contributed by atoms with Gasteiger partial charge < -0.3 is 10.6 Å². The Morgan fingerprint density at radius 1 is 1.48 bits per heavy atom. The Balaban J connectivity index is 1.74. The molecule has 7 nitrogen and oxygen atoms in total. The van der Waals surface area contributed by atoms with Gasteiger partial charge in [0.2, 0.25) is 5.91 Å². The van der Waals surface area contributed by atoms with Crippen LogP contribution < -0.4 is 10.6 Å². The molecule has 1 aliphatic rings. The summed E-state index contributed by atoms with van der Waals surface area (Å²) in [5.41, 5.74) is 1.58. The Kier molecular flexibility index (Phi) is 3.66. The average Bonchev–Trinajstić information content (AvgIpc) is 2.83. The molecule has 7 heteroatoms. The maximum absolute atomic E-state index is 12.2. The van der Waals surface area contributed by atoms with Crippen molar-refractivity contribution in [3.05, 3.63) is 30.1 Å². The zero-order valence-corrected chi connectivity index (χ0v) is 12.1. The van der Waals surface area contributed by atoms with Crippen LogP contribution in [0.4, 0.5) is 5.69 Å². The summed E-state index contributed by atoms with van der Waals surface area (Å²) in [5, 5.41) is 17.6. The summed E-state index contributed by atoms with van der Waals surface area (Å²) >= 11 is 0. The number of carbonyl (C=O) groups excluding carboxylic acids is 1. The van der Waals surface area contributed by atoms with E-state index < -0.39 is 0 Å². The summed E-state index contributed by atoms with van der Waals surface area (Å²) in [4.78, 5) is 12.2. The number of hydrogen-bond acceptors (Lipinski definition) is 5. The molecule has 0 saturated carbocycles. The molecule has 0 aliphatic carbocycles. The van der Waals surface area contributed by atoms with Gasteiger partial charge in [-0.15, -0.1) is 5.10 Å². The number of anilines is 1. The predicted octanol–water partition coefficient (Wildman–Crippen LogP) is 0.765. The van der Waals surface area contributed by atoms with Gasteiger partial charge in [0.1, 0.15) is 0 Å². The highest BCUT2D eigenvalue weighted by Gasteiger charge is 2.28. The van der Waals surface area contributed by atoms with E-state index in [1.54, 1.807) is 4.68 Å². The van der Waals surface area contributed by atoms with E-state index in [1.165, 1.54) is 0 Å². The minimum absolute atomic E-state index is 0.00433. The standard InChI is InChI=1S/C14H18N6O/c1-9(11-7-15-8-11)14(21)16-12-4-3-5-13(6-12)20-10(2)17-18-19-20/h3-6,9,11,15H,7-8H2,1-2H3,(H,16,21). The van der Waals surface area contributed by atoms with Crippen LogP contribution in [0.25, 0.3) is 5.69 Å². The van der Waals surface area contributed by atoms with E-state index in [2.05, 4.69) is 26.2 Å². The second-order valence-corrected chi connectivity index (χ2v) is 5.38. The van der Waals surface area contributed by atoms with E-state index in [0.29, 0.717) is 11.7 Å². The van der Waals surface area contributed by atoms with Crippen molar-refractivity contribution in [1.29, 1.82) is 0 Å². The van der Waals surface area contributed by atoms with Crippen molar-refractivity contribution in [2.45, 2.75) is 13.8 Å². The van der Waals surface area contributed by atoms with Crippen molar-refractivity contribution >= 4 is 11.6 Å². The SMILES string of the molecule is Cc1nnnn1-c1cccc(NC(=O)C(C)C2CNC2)c1. The Bertz CT molecular complexity index is 648. The molecule has 2 N–H and O–H groups in total. The molecule has 1 unspecified atom stereocenters. The third-order valence-corrected chi connectivity index (χ3v) is 3.92. The predicted molar refractivity (Wildman–Crippen MR) is 78.0 cm³/mol. The third kappa shape index (κ3) is 2.78. The normalized spacial score (nSPS) is 16.3. The molecule has 0 radical (unpaired) electrons. The molecule has 110 valence electrons. The number of hydrogen-bond donors (Lipinski definition) is 2. The molecule has 1 fully saturated rings. The van der Waals surface area contributed by atoms with Crippen LogP contribution in [0.1, 0.15) is 12.7 Å². The van der Waals surface area contributed by atoms with Gasteiger partial charge in [-0.05, 0) is 54.6 Å². The second-order valence-electron chi connectivity index (χ2n) is 5.38. The summed E-state index contributed by atoms with van der Waals surface area (Å²) in [6.45, 7) is 5.63. The highest BCUT2D eigenvalue weighted by atomic mass is 16.1. The lowest BCUT2D eigenvalue weighted by Crippen LogP contribution is -2.48. The van der Waals surface area contributed by atoms with Crippen LogP contribution in [0.5, 0.6) is 0 Å². The number of aryl methyl sites for hydroxylation is 1. The summed E-state index contributed by atoms with van der Waals surface area (Å²) in [5.74, 6) is 1.18. The van der Waals surface area contributed by atoms with Crippen LogP contribution in [0.15, 0.2) is 24.3 Å². The first-order valence-electron chi connectivity index (χ1n) is 7.02. The van der Waals surface area contributed by atoms with Crippen molar-refractivity contribution in [3.8, 4) is 5.69 Å². The highest BCUT2D eigenvalue weighted by molar-refractivity contribution is 5.92. The Morgan fingerprint density at radius 3 is 2.90 bits per heavy atom. The lowest BCUT2D eigenvalue weighted by atomic mass is 9.88. The number of carbonyl (C=O) groups is 1. The largest absolute Gasteiger partial charge is 0.326 e. The molecule has 1 amide bonds. The topological polar surface area (TPSA) is 84.7 Å². The first kappa shape index (κ1) is 13.7. The van der Waals surface area contributed by atoms with Gasteiger partial charge >= 0.3 is 0 Å². The zero-order valence-electron chi connectivity index (χ0n) is 12.1. The lowest BCUT2D eigenvalue weighted by molar-refractivity contribution is -0.121. The smallest absolute Gasteiger partial charge is 0.227 e. The number of benzene rings is 1. The van der Waals surface area contributed by atoms with Gasteiger partial charge in [-0.3, -0.25) is 4.79 Å². The zero-order chi connectivity index (χ0) is 14.8. The maximum Gasteiger partial charge on any atom is 0.227 e.